The second-order valence-electron chi connectivity index (χ2n) is 5.74. The summed E-state index contributed by atoms with van der Waals surface area (Å²) < 4.78 is 5.84. The number of nitrogens with two attached hydrogens (primary N) is 1. The Labute approximate surface area is 125 Å². The van der Waals surface area contributed by atoms with Crippen LogP contribution < -0.4 is 15.4 Å². The molecule has 21 heavy (non-hydrogen) atoms. The molecule has 5 nitrogen and oxygen atoms in total. The lowest BCUT2D eigenvalue weighted by Crippen LogP contribution is -2.49. The molecule has 1 aliphatic heterocycles. The van der Waals surface area contributed by atoms with Gasteiger partial charge in [0.05, 0.1) is 12.3 Å². The van der Waals surface area contributed by atoms with Crippen molar-refractivity contribution in [2.45, 2.75) is 39.3 Å². The topological polar surface area (TPSA) is 75.8 Å². The molecular weight excluding hydrogens is 268 g/mol. The molecule has 2 rings (SSSR count). The Morgan fingerprint density at radius 2 is 2.14 bits per heavy atom. The van der Waals surface area contributed by atoms with Gasteiger partial charge in [-0.1, -0.05) is 26.8 Å². The molecule has 1 aliphatic rings. The third kappa shape index (κ3) is 3.04. The lowest BCUT2D eigenvalue weighted by Gasteiger charge is -2.36. The van der Waals surface area contributed by atoms with E-state index in [1.54, 1.807) is 4.90 Å². The number of nitrogens with zero attached hydrogens (tertiary/aromatic N) is 1. The molecule has 0 radical (unpaired) electrons. The predicted octanol–water partition coefficient (Wildman–Crippen LogP) is 1.84. The largest absolute Gasteiger partial charge is 0.478 e. The van der Waals surface area contributed by atoms with Crippen molar-refractivity contribution in [1.29, 1.82) is 0 Å². The summed E-state index contributed by atoms with van der Waals surface area (Å²) in [6.07, 6.45) is 0.317. The summed E-state index contributed by atoms with van der Waals surface area (Å²) in [5.41, 5.74) is 7.74. The van der Waals surface area contributed by atoms with Gasteiger partial charge >= 0.3 is 0 Å². The van der Waals surface area contributed by atoms with Crippen molar-refractivity contribution < 1.29 is 14.6 Å². The average Bonchev–Trinajstić information content (AvgIpc) is 2.48. The summed E-state index contributed by atoms with van der Waals surface area (Å²) in [4.78, 5) is 14.1. The summed E-state index contributed by atoms with van der Waals surface area (Å²) in [6.45, 7) is 6.10. The summed E-state index contributed by atoms with van der Waals surface area (Å²) in [7, 11) is 0. The summed E-state index contributed by atoms with van der Waals surface area (Å²) >= 11 is 0. The number of hydrogen-bond donors (Lipinski definition) is 2. The van der Waals surface area contributed by atoms with Crippen LogP contribution in [0.5, 0.6) is 5.75 Å². The van der Waals surface area contributed by atoms with Crippen molar-refractivity contribution in [3.8, 4) is 5.75 Å². The molecule has 116 valence electrons. The molecule has 3 N–H and O–H groups in total. The number of rotatable bonds is 5. The average molecular weight is 292 g/mol. The number of aliphatic hydroxyl groups excluding tert-OH is 1. The molecule has 0 saturated heterocycles. The lowest BCUT2D eigenvalue weighted by atomic mass is 10.00. The number of hydrogen-bond acceptors (Lipinski definition) is 4. The van der Waals surface area contributed by atoms with Gasteiger partial charge in [0.15, 0.2) is 6.10 Å². The fourth-order valence-electron chi connectivity index (χ4n) is 2.52. The van der Waals surface area contributed by atoms with E-state index in [1.807, 2.05) is 39.0 Å². The van der Waals surface area contributed by atoms with Gasteiger partial charge in [0, 0.05) is 12.6 Å². The molecule has 0 spiro atoms. The van der Waals surface area contributed by atoms with Gasteiger partial charge in [0.1, 0.15) is 5.75 Å². The minimum atomic E-state index is -0.505. The highest BCUT2D eigenvalue weighted by Gasteiger charge is 2.36. The van der Waals surface area contributed by atoms with E-state index < -0.39 is 6.10 Å². The Bertz CT molecular complexity index is 516. The predicted molar refractivity (Wildman–Crippen MR) is 82.4 cm³/mol. The molecule has 0 bridgehead atoms. The molecule has 0 aliphatic carbocycles. The maximum Gasteiger partial charge on any atom is 0.268 e. The molecule has 5 heteroatoms. The first-order valence-electron chi connectivity index (χ1n) is 7.48. The zero-order chi connectivity index (χ0) is 15.6. The first-order valence-corrected chi connectivity index (χ1v) is 7.48. The van der Waals surface area contributed by atoms with Crippen LogP contribution >= 0.6 is 0 Å². The Morgan fingerprint density at radius 3 is 2.71 bits per heavy atom. The monoisotopic (exact) mass is 292 g/mol. The standard InChI is InChI=1S/C16H24N2O3/c1-4-12(17)11-5-6-14-13(9-11)18(7-8-19)16(20)15(21-14)10(2)3/h5-6,9-10,12,15,19H,4,7-8,17H2,1-3H3. The second kappa shape index (κ2) is 6.45. The van der Waals surface area contributed by atoms with E-state index in [0.29, 0.717) is 11.4 Å². The molecule has 1 aromatic carbocycles. The van der Waals surface area contributed by atoms with Crippen LogP contribution in [0.25, 0.3) is 0 Å². The van der Waals surface area contributed by atoms with Gasteiger partial charge < -0.3 is 20.5 Å². The normalized spacial score (nSPS) is 19.4. The van der Waals surface area contributed by atoms with Crippen LogP contribution in [0.1, 0.15) is 38.8 Å². The Hall–Kier alpha value is -1.59. The van der Waals surface area contributed by atoms with Gasteiger partial charge in [-0.05, 0) is 30.0 Å². The number of ether oxygens (including phenoxy) is 1. The van der Waals surface area contributed by atoms with Gasteiger partial charge in [-0.2, -0.15) is 0 Å². The number of carbonyl (C=O) groups is 1. The highest BCUT2D eigenvalue weighted by Crippen LogP contribution is 2.37. The Balaban J connectivity index is 2.43. The smallest absolute Gasteiger partial charge is 0.268 e. The quantitative estimate of drug-likeness (QED) is 0.868. The Kier molecular flexibility index (Phi) is 4.85. The first-order chi connectivity index (χ1) is 9.99. The number of amides is 1. The molecule has 1 amide bonds. The highest BCUT2D eigenvalue weighted by atomic mass is 16.5. The highest BCUT2D eigenvalue weighted by molar-refractivity contribution is 6.00. The van der Waals surface area contributed by atoms with Crippen molar-refractivity contribution in [1.82, 2.24) is 0 Å². The summed E-state index contributed by atoms with van der Waals surface area (Å²) in [6, 6.07) is 5.64. The molecule has 2 unspecified atom stereocenters. The fourth-order valence-corrected chi connectivity index (χ4v) is 2.52. The maximum absolute atomic E-state index is 12.5. The van der Waals surface area contributed by atoms with E-state index in [4.69, 9.17) is 10.5 Å². The summed E-state index contributed by atoms with van der Waals surface area (Å²) in [5.74, 6) is 0.645. The molecule has 0 fully saturated rings. The molecular formula is C16H24N2O3. The van der Waals surface area contributed by atoms with Crippen LogP contribution in [0.2, 0.25) is 0 Å². The van der Waals surface area contributed by atoms with Crippen LogP contribution in [0.3, 0.4) is 0 Å². The van der Waals surface area contributed by atoms with Crippen molar-refractivity contribution in [3.63, 3.8) is 0 Å². The van der Waals surface area contributed by atoms with Crippen LogP contribution in [-0.2, 0) is 4.79 Å². The molecule has 1 heterocycles. The SMILES string of the molecule is CCC(N)c1ccc2c(c1)N(CCO)C(=O)C(C(C)C)O2. The molecule has 0 aromatic heterocycles. The fraction of sp³-hybridized carbons (Fsp3) is 0.562. The van der Waals surface area contributed by atoms with Gasteiger partial charge in [0.2, 0.25) is 0 Å². The molecule has 1 aromatic rings. The minimum Gasteiger partial charge on any atom is -0.478 e. The van der Waals surface area contributed by atoms with Crippen molar-refractivity contribution in [2.75, 3.05) is 18.1 Å². The maximum atomic E-state index is 12.5. The first kappa shape index (κ1) is 15.8. The van der Waals surface area contributed by atoms with Crippen molar-refractivity contribution in [3.05, 3.63) is 23.8 Å². The van der Waals surface area contributed by atoms with Gasteiger partial charge in [0.25, 0.3) is 5.91 Å². The number of fused-ring (bicyclic) bond motifs is 1. The number of carbonyl (C=O) groups excluding carboxylic acids is 1. The zero-order valence-electron chi connectivity index (χ0n) is 12.9. The van der Waals surface area contributed by atoms with Gasteiger partial charge in [-0.3, -0.25) is 4.79 Å². The van der Waals surface area contributed by atoms with E-state index in [2.05, 4.69) is 0 Å². The minimum absolute atomic E-state index is 0.0656. The van der Waals surface area contributed by atoms with Crippen LogP contribution in [-0.4, -0.2) is 30.3 Å². The molecule has 0 saturated carbocycles. The summed E-state index contributed by atoms with van der Waals surface area (Å²) in [5, 5.41) is 9.25. The third-order valence-corrected chi connectivity index (χ3v) is 3.83. The van der Waals surface area contributed by atoms with Gasteiger partial charge in [-0.15, -0.1) is 0 Å². The zero-order valence-corrected chi connectivity index (χ0v) is 12.9. The number of anilines is 1. The second-order valence-corrected chi connectivity index (χ2v) is 5.74. The van der Waals surface area contributed by atoms with E-state index in [9.17, 15) is 9.90 Å². The van der Waals surface area contributed by atoms with Crippen molar-refractivity contribution in [2.24, 2.45) is 11.7 Å². The van der Waals surface area contributed by atoms with Gasteiger partial charge in [-0.25, -0.2) is 0 Å². The van der Waals surface area contributed by atoms with Crippen LogP contribution in [0.15, 0.2) is 18.2 Å². The van der Waals surface area contributed by atoms with E-state index in [0.717, 1.165) is 12.0 Å². The van der Waals surface area contributed by atoms with E-state index in [1.165, 1.54) is 0 Å². The Morgan fingerprint density at radius 1 is 1.43 bits per heavy atom. The third-order valence-electron chi connectivity index (χ3n) is 3.83. The van der Waals surface area contributed by atoms with Crippen molar-refractivity contribution >= 4 is 11.6 Å². The number of aliphatic hydroxyl groups is 1. The van der Waals surface area contributed by atoms with E-state index >= 15 is 0 Å². The number of β-amino-alcohol motifs (C(OH)–C–C–N with tert-alkyl or cyclic N) is 1. The van der Waals surface area contributed by atoms with Crippen LogP contribution in [0.4, 0.5) is 5.69 Å². The lowest BCUT2D eigenvalue weighted by molar-refractivity contribution is -0.128. The molecule has 2 atom stereocenters. The van der Waals surface area contributed by atoms with E-state index in [-0.39, 0.29) is 31.0 Å². The van der Waals surface area contributed by atoms with Crippen LogP contribution in [0, 0.1) is 5.92 Å². The number of benzene rings is 1.